The lowest BCUT2D eigenvalue weighted by Crippen LogP contribution is -2.31. The fourth-order valence-corrected chi connectivity index (χ4v) is 3.71. The number of para-hydroxylation sites is 1. The van der Waals surface area contributed by atoms with Crippen molar-refractivity contribution in [2.45, 2.75) is 32.9 Å². The molecule has 25 heavy (non-hydrogen) atoms. The summed E-state index contributed by atoms with van der Waals surface area (Å²) >= 11 is 0. The Hall–Kier alpha value is -2.46. The molecule has 4 heteroatoms. The predicted octanol–water partition coefficient (Wildman–Crippen LogP) is 4.47. The van der Waals surface area contributed by atoms with Crippen molar-refractivity contribution in [1.29, 1.82) is 0 Å². The Morgan fingerprint density at radius 2 is 1.80 bits per heavy atom. The Bertz CT molecular complexity index is 837. The normalized spacial score (nSPS) is 15.0. The van der Waals surface area contributed by atoms with Gasteiger partial charge >= 0.3 is 0 Å². The van der Waals surface area contributed by atoms with Crippen LogP contribution in [0.15, 0.2) is 36.4 Å². The highest BCUT2D eigenvalue weighted by atomic mass is 16.5. The molecular formula is C21H25NO3. The van der Waals surface area contributed by atoms with Crippen LogP contribution in [0, 0.1) is 0 Å². The van der Waals surface area contributed by atoms with Gasteiger partial charge in [-0.3, -0.25) is 0 Å². The van der Waals surface area contributed by atoms with Gasteiger partial charge in [0.25, 0.3) is 0 Å². The van der Waals surface area contributed by atoms with Gasteiger partial charge in [0.05, 0.1) is 26.4 Å². The van der Waals surface area contributed by atoms with Gasteiger partial charge in [-0.2, -0.15) is 0 Å². The summed E-state index contributed by atoms with van der Waals surface area (Å²) in [5.41, 5.74) is 5.90. The van der Waals surface area contributed by atoms with Crippen LogP contribution in [-0.4, -0.2) is 24.9 Å². The fourth-order valence-electron chi connectivity index (χ4n) is 3.71. The molecule has 0 aliphatic carbocycles. The summed E-state index contributed by atoms with van der Waals surface area (Å²) in [7, 11) is 3.26. The Morgan fingerprint density at radius 1 is 1.04 bits per heavy atom. The molecule has 0 fully saturated rings. The van der Waals surface area contributed by atoms with Crippen molar-refractivity contribution < 1.29 is 14.6 Å². The molecule has 0 bridgehead atoms. The minimum atomic E-state index is -0.112. The second kappa shape index (κ2) is 6.45. The molecule has 2 N–H and O–H groups in total. The van der Waals surface area contributed by atoms with E-state index >= 15 is 0 Å². The number of aliphatic hydroxyl groups excluding tert-OH is 1. The van der Waals surface area contributed by atoms with Gasteiger partial charge in [0, 0.05) is 16.8 Å². The fraction of sp³-hybridized carbons (Fsp3) is 0.333. The molecule has 1 aliphatic rings. The summed E-state index contributed by atoms with van der Waals surface area (Å²) in [4.78, 5) is 0. The van der Waals surface area contributed by atoms with E-state index in [1.807, 2.05) is 24.3 Å². The van der Waals surface area contributed by atoms with Crippen molar-refractivity contribution in [3.05, 3.63) is 47.5 Å². The first-order chi connectivity index (χ1) is 11.9. The molecule has 4 nitrogen and oxygen atoms in total. The number of methoxy groups -OCH3 is 2. The SMILES string of the molecule is COc1cccc(-c2ccc3c(c2CO)C(C)=CC(C)(C)N3)c1OC. The van der Waals surface area contributed by atoms with Crippen LogP contribution >= 0.6 is 0 Å². The van der Waals surface area contributed by atoms with E-state index in [2.05, 4.69) is 38.2 Å². The van der Waals surface area contributed by atoms with E-state index in [4.69, 9.17) is 9.47 Å². The highest BCUT2D eigenvalue weighted by Gasteiger charge is 2.26. The molecule has 0 unspecified atom stereocenters. The van der Waals surface area contributed by atoms with Crippen LogP contribution in [0.1, 0.15) is 31.9 Å². The van der Waals surface area contributed by atoms with Crippen molar-refractivity contribution in [1.82, 2.24) is 0 Å². The zero-order valence-corrected chi connectivity index (χ0v) is 15.4. The predicted molar refractivity (Wildman–Crippen MR) is 102 cm³/mol. The van der Waals surface area contributed by atoms with Crippen molar-refractivity contribution in [3.8, 4) is 22.6 Å². The molecule has 2 aromatic rings. The Morgan fingerprint density at radius 3 is 2.44 bits per heavy atom. The quantitative estimate of drug-likeness (QED) is 0.863. The molecule has 0 aromatic heterocycles. The van der Waals surface area contributed by atoms with Crippen LogP contribution < -0.4 is 14.8 Å². The van der Waals surface area contributed by atoms with Crippen LogP contribution in [0.4, 0.5) is 5.69 Å². The Balaban J connectivity index is 2.26. The number of nitrogens with one attached hydrogen (secondary N) is 1. The van der Waals surface area contributed by atoms with Crippen LogP contribution in [0.5, 0.6) is 11.5 Å². The van der Waals surface area contributed by atoms with Gasteiger partial charge in [0.1, 0.15) is 0 Å². The molecular weight excluding hydrogens is 314 g/mol. The number of hydrogen-bond acceptors (Lipinski definition) is 4. The first-order valence-corrected chi connectivity index (χ1v) is 8.38. The second-order valence-corrected chi connectivity index (χ2v) is 6.89. The van der Waals surface area contributed by atoms with Gasteiger partial charge < -0.3 is 19.9 Å². The maximum absolute atomic E-state index is 10.1. The first-order valence-electron chi connectivity index (χ1n) is 8.38. The molecule has 0 radical (unpaired) electrons. The molecule has 1 aliphatic heterocycles. The summed E-state index contributed by atoms with van der Waals surface area (Å²) < 4.78 is 11.0. The van der Waals surface area contributed by atoms with E-state index in [1.54, 1.807) is 14.2 Å². The minimum Gasteiger partial charge on any atom is -0.493 e. The zero-order chi connectivity index (χ0) is 18.2. The van der Waals surface area contributed by atoms with Crippen molar-refractivity contribution in [3.63, 3.8) is 0 Å². The number of allylic oxidation sites excluding steroid dienone is 1. The largest absolute Gasteiger partial charge is 0.493 e. The average Bonchev–Trinajstić information content (AvgIpc) is 2.58. The summed E-state index contributed by atoms with van der Waals surface area (Å²) in [6.07, 6.45) is 2.20. The molecule has 0 amide bonds. The van der Waals surface area contributed by atoms with Gasteiger partial charge in [-0.05, 0) is 49.6 Å². The molecule has 132 valence electrons. The maximum atomic E-state index is 10.1. The topological polar surface area (TPSA) is 50.7 Å². The van der Waals surface area contributed by atoms with E-state index in [9.17, 15) is 5.11 Å². The van der Waals surface area contributed by atoms with E-state index in [-0.39, 0.29) is 12.1 Å². The van der Waals surface area contributed by atoms with Crippen LogP contribution in [0.2, 0.25) is 0 Å². The van der Waals surface area contributed by atoms with Crippen molar-refractivity contribution >= 4 is 11.3 Å². The van der Waals surface area contributed by atoms with E-state index < -0.39 is 0 Å². The van der Waals surface area contributed by atoms with Crippen molar-refractivity contribution in [2.75, 3.05) is 19.5 Å². The number of rotatable bonds is 4. The first kappa shape index (κ1) is 17.4. The lowest BCUT2D eigenvalue weighted by atomic mass is 9.85. The molecule has 3 rings (SSSR count). The van der Waals surface area contributed by atoms with Crippen LogP contribution in [0.25, 0.3) is 16.7 Å². The number of aliphatic hydroxyl groups is 1. The maximum Gasteiger partial charge on any atom is 0.168 e. The summed E-state index contributed by atoms with van der Waals surface area (Å²) in [5, 5.41) is 13.7. The Labute approximate surface area is 149 Å². The second-order valence-electron chi connectivity index (χ2n) is 6.89. The molecule has 0 atom stereocenters. The van der Waals surface area contributed by atoms with Gasteiger partial charge in [0.15, 0.2) is 11.5 Å². The highest BCUT2D eigenvalue weighted by Crippen LogP contribution is 2.44. The van der Waals surface area contributed by atoms with Crippen LogP contribution in [-0.2, 0) is 6.61 Å². The minimum absolute atomic E-state index is 0.0494. The number of anilines is 1. The highest BCUT2D eigenvalue weighted by molar-refractivity contribution is 5.88. The van der Waals surface area contributed by atoms with Crippen molar-refractivity contribution in [2.24, 2.45) is 0 Å². The number of benzene rings is 2. The number of fused-ring (bicyclic) bond motifs is 1. The van der Waals surface area contributed by atoms with E-state index in [0.29, 0.717) is 11.5 Å². The zero-order valence-electron chi connectivity index (χ0n) is 15.4. The molecule has 0 spiro atoms. The number of hydrogen-bond donors (Lipinski definition) is 2. The summed E-state index contributed by atoms with van der Waals surface area (Å²) in [6, 6.07) is 9.89. The van der Waals surface area contributed by atoms with Gasteiger partial charge in [0.2, 0.25) is 0 Å². The van der Waals surface area contributed by atoms with Gasteiger partial charge in [-0.1, -0.05) is 24.3 Å². The third-order valence-corrected chi connectivity index (χ3v) is 4.59. The monoisotopic (exact) mass is 339 g/mol. The lowest BCUT2D eigenvalue weighted by molar-refractivity contribution is 0.282. The van der Waals surface area contributed by atoms with Gasteiger partial charge in [-0.25, -0.2) is 0 Å². The third kappa shape index (κ3) is 2.98. The van der Waals surface area contributed by atoms with Crippen LogP contribution in [0.3, 0.4) is 0 Å². The van der Waals surface area contributed by atoms with E-state index in [0.717, 1.165) is 33.5 Å². The smallest absolute Gasteiger partial charge is 0.168 e. The van der Waals surface area contributed by atoms with Gasteiger partial charge in [-0.15, -0.1) is 0 Å². The van der Waals surface area contributed by atoms with E-state index in [1.165, 1.54) is 0 Å². The lowest BCUT2D eigenvalue weighted by Gasteiger charge is -2.33. The Kier molecular flexibility index (Phi) is 4.48. The standard InChI is InChI=1S/C21H25NO3/c1-13-11-21(2,3)22-17-10-9-14(16(12-23)19(13)17)15-7-6-8-18(24-4)20(15)25-5/h6-11,22-23H,12H2,1-5H3. The molecule has 0 saturated carbocycles. The molecule has 2 aromatic carbocycles. The number of ether oxygens (including phenoxy) is 2. The summed E-state index contributed by atoms with van der Waals surface area (Å²) in [6.45, 7) is 6.31. The summed E-state index contributed by atoms with van der Waals surface area (Å²) in [5.74, 6) is 1.35. The molecule has 1 heterocycles. The third-order valence-electron chi connectivity index (χ3n) is 4.59. The molecule has 0 saturated heterocycles. The average molecular weight is 339 g/mol.